The molecule has 0 radical (unpaired) electrons. The van der Waals surface area contributed by atoms with Crippen molar-refractivity contribution in [1.82, 2.24) is 5.32 Å². The fraction of sp³-hybridized carbons (Fsp3) is 0.357. The number of carbonyl (C=O) groups is 3. The van der Waals surface area contributed by atoms with Gasteiger partial charge < -0.3 is 16.2 Å². The Morgan fingerprint density at radius 1 is 1.22 bits per heavy atom. The summed E-state index contributed by atoms with van der Waals surface area (Å²) in [5.74, 6) is -3.56. The zero-order chi connectivity index (χ0) is 17.6. The lowest BCUT2D eigenvalue weighted by Crippen LogP contribution is -2.40. The van der Waals surface area contributed by atoms with E-state index in [1.165, 1.54) is 24.3 Å². The van der Waals surface area contributed by atoms with Crippen molar-refractivity contribution in [2.45, 2.75) is 30.7 Å². The third kappa shape index (κ3) is 5.37. The minimum Gasteiger partial charge on any atom is -0.480 e. The van der Waals surface area contributed by atoms with Crippen molar-refractivity contribution >= 4 is 27.6 Å². The van der Waals surface area contributed by atoms with E-state index in [2.05, 4.69) is 5.32 Å². The number of hydrogen-bond acceptors (Lipinski definition) is 5. The van der Waals surface area contributed by atoms with Gasteiger partial charge in [-0.3, -0.25) is 9.59 Å². The normalized spacial score (nSPS) is 12.4. The fourth-order valence-corrected chi connectivity index (χ4v) is 2.96. The molecule has 126 valence electrons. The largest absolute Gasteiger partial charge is 0.480 e. The molecule has 8 nitrogen and oxygen atoms in total. The molecular formula is C14H18N2O6S. The molecule has 1 atom stereocenters. The van der Waals surface area contributed by atoms with Crippen LogP contribution in [0.3, 0.4) is 0 Å². The molecule has 1 unspecified atom stereocenters. The van der Waals surface area contributed by atoms with Gasteiger partial charge in [-0.2, -0.15) is 0 Å². The zero-order valence-electron chi connectivity index (χ0n) is 12.5. The lowest BCUT2D eigenvalue weighted by atomic mass is 10.1. The van der Waals surface area contributed by atoms with Crippen molar-refractivity contribution in [3.63, 3.8) is 0 Å². The molecule has 9 heteroatoms. The van der Waals surface area contributed by atoms with Crippen molar-refractivity contribution in [2.75, 3.05) is 5.75 Å². The number of primary amides is 1. The first-order chi connectivity index (χ1) is 10.7. The van der Waals surface area contributed by atoms with E-state index in [9.17, 15) is 22.8 Å². The van der Waals surface area contributed by atoms with E-state index in [1.54, 1.807) is 6.92 Å². The minimum absolute atomic E-state index is 0.116. The van der Waals surface area contributed by atoms with E-state index in [-0.39, 0.29) is 16.9 Å². The van der Waals surface area contributed by atoms with Gasteiger partial charge in [-0.05, 0) is 30.7 Å². The average Bonchev–Trinajstić information content (AvgIpc) is 2.45. The van der Waals surface area contributed by atoms with Gasteiger partial charge in [0.15, 0.2) is 9.84 Å². The second-order valence-electron chi connectivity index (χ2n) is 4.90. The highest BCUT2D eigenvalue weighted by Gasteiger charge is 2.21. The second-order valence-corrected chi connectivity index (χ2v) is 6.89. The molecular weight excluding hydrogens is 324 g/mol. The number of carboxylic acids is 1. The average molecular weight is 342 g/mol. The Hall–Kier alpha value is -2.42. The van der Waals surface area contributed by atoms with E-state index in [0.29, 0.717) is 6.42 Å². The van der Waals surface area contributed by atoms with Crippen LogP contribution in [-0.2, 0) is 19.4 Å². The maximum absolute atomic E-state index is 12.0. The number of hydrogen-bond donors (Lipinski definition) is 3. The Balaban J connectivity index is 2.89. The van der Waals surface area contributed by atoms with Gasteiger partial charge >= 0.3 is 5.97 Å². The Morgan fingerprint density at radius 3 is 2.22 bits per heavy atom. The highest BCUT2D eigenvalue weighted by Crippen LogP contribution is 2.13. The smallest absolute Gasteiger partial charge is 0.326 e. The molecule has 0 aliphatic carbocycles. The van der Waals surface area contributed by atoms with Crippen LogP contribution in [0, 0.1) is 0 Å². The van der Waals surface area contributed by atoms with Gasteiger partial charge in [0.05, 0.1) is 4.90 Å². The number of sulfone groups is 1. The molecule has 0 saturated heterocycles. The van der Waals surface area contributed by atoms with Crippen LogP contribution in [0.2, 0.25) is 0 Å². The number of nitrogens with two attached hydrogens (primary N) is 1. The molecule has 0 fully saturated rings. The van der Waals surface area contributed by atoms with Gasteiger partial charge in [-0.1, -0.05) is 13.3 Å². The van der Waals surface area contributed by atoms with Gasteiger partial charge in [0.25, 0.3) is 5.91 Å². The molecule has 0 saturated carbocycles. The molecule has 0 aliphatic rings. The number of nitrogens with one attached hydrogen (secondary N) is 1. The monoisotopic (exact) mass is 342 g/mol. The minimum atomic E-state index is -3.85. The topological polar surface area (TPSA) is 144 Å². The summed E-state index contributed by atoms with van der Waals surface area (Å²) in [5, 5.41) is 11.4. The molecule has 0 aliphatic heterocycles. The van der Waals surface area contributed by atoms with Crippen LogP contribution in [-0.4, -0.2) is 43.1 Å². The number of amides is 2. The number of rotatable bonds is 8. The molecule has 4 N–H and O–H groups in total. The van der Waals surface area contributed by atoms with Crippen molar-refractivity contribution in [1.29, 1.82) is 0 Å². The lowest BCUT2D eigenvalue weighted by Gasteiger charge is -2.13. The third-order valence-electron chi connectivity index (χ3n) is 2.99. The van der Waals surface area contributed by atoms with Crippen molar-refractivity contribution < 1.29 is 27.9 Å². The van der Waals surface area contributed by atoms with E-state index in [4.69, 9.17) is 10.8 Å². The molecule has 2 amide bonds. The highest BCUT2D eigenvalue weighted by atomic mass is 32.2. The summed E-state index contributed by atoms with van der Waals surface area (Å²) < 4.78 is 23.6. The second kappa shape index (κ2) is 7.73. The van der Waals surface area contributed by atoms with E-state index in [0.717, 1.165) is 0 Å². The molecule has 1 aromatic carbocycles. The first-order valence-electron chi connectivity index (χ1n) is 6.82. The summed E-state index contributed by atoms with van der Waals surface area (Å²) in [7, 11) is -3.85. The Kier molecular flexibility index (Phi) is 6.26. The van der Waals surface area contributed by atoms with Crippen LogP contribution >= 0.6 is 0 Å². The quantitative estimate of drug-likeness (QED) is 0.603. The Morgan fingerprint density at radius 2 is 1.78 bits per heavy atom. The molecule has 0 aromatic heterocycles. The van der Waals surface area contributed by atoms with Gasteiger partial charge in [-0.25, -0.2) is 13.2 Å². The van der Waals surface area contributed by atoms with Crippen LogP contribution < -0.4 is 11.1 Å². The lowest BCUT2D eigenvalue weighted by molar-refractivity contribution is -0.139. The molecule has 23 heavy (non-hydrogen) atoms. The number of carbonyl (C=O) groups excluding carboxylic acids is 2. The zero-order valence-corrected chi connectivity index (χ0v) is 13.3. The van der Waals surface area contributed by atoms with Crippen LogP contribution in [0.25, 0.3) is 0 Å². The van der Waals surface area contributed by atoms with Crippen molar-refractivity contribution in [3.05, 3.63) is 29.8 Å². The summed E-state index contributed by atoms with van der Waals surface area (Å²) >= 11 is 0. The maximum atomic E-state index is 12.0. The standard InChI is InChI=1S/C14H18N2O6S/c1-2-3-11(14(19)20)16-13(18)9-4-6-10(7-5-9)23(21,22)8-12(15)17/h4-7,11H,2-3,8H2,1H3,(H2,15,17)(H,16,18)(H,19,20). The molecule has 0 bridgehead atoms. The number of benzene rings is 1. The van der Waals surface area contributed by atoms with Crippen LogP contribution in [0.5, 0.6) is 0 Å². The van der Waals surface area contributed by atoms with Gasteiger partial charge in [0.1, 0.15) is 11.8 Å². The van der Waals surface area contributed by atoms with Crippen LogP contribution in [0.4, 0.5) is 0 Å². The summed E-state index contributed by atoms with van der Waals surface area (Å²) in [6, 6.07) is 3.82. The fourth-order valence-electron chi connectivity index (χ4n) is 1.87. The maximum Gasteiger partial charge on any atom is 0.326 e. The van der Waals surface area contributed by atoms with E-state index in [1.807, 2.05) is 0 Å². The summed E-state index contributed by atoms with van der Waals surface area (Å²) in [6.07, 6.45) is 0.869. The van der Waals surface area contributed by atoms with Crippen LogP contribution in [0.15, 0.2) is 29.2 Å². The molecule has 0 heterocycles. The number of aliphatic carboxylic acids is 1. The summed E-state index contributed by atoms with van der Waals surface area (Å²) in [6.45, 7) is 1.79. The summed E-state index contributed by atoms with van der Waals surface area (Å²) in [4.78, 5) is 33.6. The SMILES string of the molecule is CCCC(NC(=O)c1ccc(S(=O)(=O)CC(N)=O)cc1)C(=O)O. The molecule has 0 spiro atoms. The third-order valence-corrected chi connectivity index (χ3v) is 4.64. The Labute approximate surface area is 133 Å². The molecule has 1 rings (SSSR count). The van der Waals surface area contributed by atoms with Gasteiger partial charge in [0.2, 0.25) is 5.91 Å². The van der Waals surface area contributed by atoms with Gasteiger partial charge in [0, 0.05) is 5.56 Å². The Bertz CT molecular complexity index is 696. The summed E-state index contributed by atoms with van der Waals surface area (Å²) in [5.41, 5.74) is 4.98. The molecule has 1 aromatic rings. The number of carboxylic acid groups (broad SMARTS) is 1. The van der Waals surface area contributed by atoms with Crippen LogP contribution in [0.1, 0.15) is 30.1 Å². The van der Waals surface area contributed by atoms with E-state index >= 15 is 0 Å². The predicted octanol–water partition coefficient (Wildman–Crippen LogP) is -0.0713. The first-order valence-corrected chi connectivity index (χ1v) is 8.47. The van der Waals surface area contributed by atoms with Gasteiger partial charge in [-0.15, -0.1) is 0 Å². The predicted molar refractivity (Wildman–Crippen MR) is 81.5 cm³/mol. The highest BCUT2D eigenvalue weighted by molar-refractivity contribution is 7.92. The van der Waals surface area contributed by atoms with Crippen molar-refractivity contribution in [2.24, 2.45) is 5.73 Å². The first kappa shape index (κ1) is 18.6. The van der Waals surface area contributed by atoms with Crippen molar-refractivity contribution in [3.8, 4) is 0 Å². The van der Waals surface area contributed by atoms with E-state index < -0.39 is 39.4 Å².